The van der Waals surface area contributed by atoms with E-state index in [1.807, 2.05) is 6.92 Å². The number of carbonyl (C=O) groups is 1. The van der Waals surface area contributed by atoms with Gasteiger partial charge in [0.2, 0.25) is 0 Å². The summed E-state index contributed by atoms with van der Waals surface area (Å²) >= 11 is 0. The fraction of sp³-hybridized carbons (Fsp3) is 0.688. The molecule has 19 heavy (non-hydrogen) atoms. The molecular formula is C16H25O3-. The molecule has 1 fully saturated rings. The third kappa shape index (κ3) is 5.60. The van der Waals surface area contributed by atoms with Crippen molar-refractivity contribution in [3.63, 3.8) is 0 Å². The van der Waals surface area contributed by atoms with Crippen LogP contribution in [0.4, 0.5) is 0 Å². The molecule has 0 spiro atoms. The number of carboxylic acid groups (broad SMARTS) is 1. The third-order valence-corrected chi connectivity index (χ3v) is 3.93. The van der Waals surface area contributed by atoms with Crippen molar-refractivity contribution in [1.82, 2.24) is 0 Å². The average molecular weight is 265 g/mol. The molecule has 1 aliphatic rings. The second kappa shape index (κ2) is 6.90. The van der Waals surface area contributed by atoms with Gasteiger partial charge in [-0.25, -0.2) is 0 Å². The van der Waals surface area contributed by atoms with Gasteiger partial charge in [0.1, 0.15) is 0 Å². The number of carboxylic acids is 1. The van der Waals surface area contributed by atoms with E-state index in [-0.39, 0.29) is 5.60 Å². The van der Waals surface area contributed by atoms with Gasteiger partial charge in [0.05, 0.1) is 17.7 Å². The Kier molecular flexibility index (Phi) is 5.80. The van der Waals surface area contributed by atoms with Crippen LogP contribution in [0, 0.1) is 0 Å². The fourth-order valence-electron chi connectivity index (χ4n) is 2.25. The second-order valence-corrected chi connectivity index (χ2v) is 5.71. The highest BCUT2D eigenvalue weighted by Gasteiger charge is 2.49. The summed E-state index contributed by atoms with van der Waals surface area (Å²) in [7, 11) is 0. The lowest BCUT2D eigenvalue weighted by Gasteiger charge is -2.03. The number of allylic oxidation sites excluding steroid dienone is 3. The first kappa shape index (κ1) is 16.0. The van der Waals surface area contributed by atoms with E-state index < -0.39 is 5.97 Å². The number of hydrogen-bond acceptors (Lipinski definition) is 3. The molecule has 1 unspecified atom stereocenters. The van der Waals surface area contributed by atoms with Crippen LogP contribution >= 0.6 is 0 Å². The van der Waals surface area contributed by atoms with Crippen molar-refractivity contribution in [1.29, 1.82) is 0 Å². The van der Waals surface area contributed by atoms with E-state index in [4.69, 9.17) is 4.74 Å². The van der Waals surface area contributed by atoms with Crippen LogP contribution in [0.25, 0.3) is 0 Å². The molecule has 1 heterocycles. The Balaban J connectivity index is 2.21. The van der Waals surface area contributed by atoms with Gasteiger partial charge >= 0.3 is 0 Å². The Bertz CT molecular complexity index is 381. The van der Waals surface area contributed by atoms with Crippen LogP contribution in [-0.2, 0) is 9.53 Å². The fourth-order valence-corrected chi connectivity index (χ4v) is 2.25. The number of carbonyl (C=O) groups excluding carboxylic acids is 1. The number of epoxide rings is 1. The molecular weight excluding hydrogens is 240 g/mol. The van der Waals surface area contributed by atoms with Crippen molar-refractivity contribution in [2.75, 3.05) is 0 Å². The topological polar surface area (TPSA) is 52.7 Å². The molecule has 1 aliphatic heterocycles. The van der Waals surface area contributed by atoms with Crippen LogP contribution < -0.4 is 5.11 Å². The summed E-state index contributed by atoms with van der Waals surface area (Å²) in [6.07, 6.45) is 8.67. The van der Waals surface area contributed by atoms with Crippen LogP contribution in [0.5, 0.6) is 0 Å². The zero-order chi connectivity index (χ0) is 14.5. The SMILES string of the molecule is CC[C@]1(C)OC1CC/C(C)=C/CC/C(C)=C/C(=O)[O-]. The van der Waals surface area contributed by atoms with Gasteiger partial charge in [-0.05, 0) is 59.0 Å². The maximum atomic E-state index is 10.4. The molecule has 0 saturated carbocycles. The third-order valence-electron chi connectivity index (χ3n) is 3.93. The molecule has 3 heteroatoms. The summed E-state index contributed by atoms with van der Waals surface area (Å²) < 4.78 is 5.68. The largest absolute Gasteiger partial charge is 0.545 e. The summed E-state index contributed by atoms with van der Waals surface area (Å²) in [5.74, 6) is -1.11. The average Bonchev–Trinajstić information content (AvgIpc) is 2.98. The minimum Gasteiger partial charge on any atom is -0.545 e. The maximum absolute atomic E-state index is 10.4. The predicted octanol–water partition coefficient (Wildman–Crippen LogP) is 2.76. The molecule has 0 radical (unpaired) electrons. The molecule has 0 aromatic heterocycles. The number of hydrogen-bond donors (Lipinski definition) is 0. The van der Waals surface area contributed by atoms with Crippen molar-refractivity contribution >= 4 is 5.97 Å². The first-order valence-corrected chi connectivity index (χ1v) is 7.09. The summed E-state index contributed by atoms with van der Waals surface area (Å²) in [6, 6.07) is 0. The lowest BCUT2D eigenvalue weighted by Crippen LogP contribution is -2.19. The van der Waals surface area contributed by atoms with Gasteiger partial charge in [0.25, 0.3) is 0 Å². The maximum Gasteiger partial charge on any atom is 0.0918 e. The van der Waals surface area contributed by atoms with Crippen LogP contribution in [-0.4, -0.2) is 17.7 Å². The molecule has 0 aliphatic carbocycles. The second-order valence-electron chi connectivity index (χ2n) is 5.71. The van der Waals surface area contributed by atoms with Crippen LogP contribution in [0.3, 0.4) is 0 Å². The van der Waals surface area contributed by atoms with Crippen LogP contribution in [0.1, 0.15) is 59.8 Å². The van der Waals surface area contributed by atoms with Gasteiger partial charge < -0.3 is 14.6 Å². The van der Waals surface area contributed by atoms with Gasteiger partial charge in [-0.15, -0.1) is 0 Å². The van der Waals surface area contributed by atoms with Gasteiger partial charge in [-0.2, -0.15) is 0 Å². The first-order valence-electron chi connectivity index (χ1n) is 7.09. The molecule has 0 aromatic rings. The number of aliphatic carboxylic acids is 1. The molecule has 1 rings (SSSR count). The Labute approximate surface area is 116 Å². The summed E-state index contributed by atoms with van der Waals surface area (Å²) in [5.41, 5.74) is 2.33. The van der Waals surface area contributed by atoms with E-state index in [1.54, 1.807) is 0 Å². The highest BCUT2D eigenvalue weighted by atomic mass is 16.6. The highest BCUT2D eigenvalue weighted by Crippen LogP contribution is 2.42. The number of rotatable bonds is 8. The molecule has 108 valence electrons. The Morgan fingerprint density at radius 2 is 2.00 bits per heavy atom. The normalized spacial score (nSPS) is 27.5. The van der Waals surface area contributed by atoms with Gasteiger partial charge in [0.15, 0.2) is 0 Å². The van der Waals surface area contributed by atoms with E-state index in [2.05, 4.69) is 26.8 Å². The first-order chi connectivity index (χ1) is 8.87. The van der Waals surface area contributed by atoms with E-state index in [0.29, 0.717) is 6.10 Å². The van der Waals surface area contributed by atoms with Crippen molar-refractivity contribution < 1.29 is 14.6 Å². The van der Waals surface area contributed by atoms with Crippen molar-refractivity contribution in [2.45, 2.75) is 71.5 Å². The minimum absolute atomic E-state index is 0.119. The smallest absolute Gasteiger partial charge is 0.0918 e. The van der Waals surface area contributed by atoms with Crippen molar-refractivity contribution in [3.8, 4) is 0 Å². The van der Waals surface area contributed by atoms with Crippen molar-refractivity contribution in [3.05, 3.63) is 23.3 Å². The molecule has 1 saturated heterocycles. The summed E-state index contributed by atoms with van der Waals surface area (Å²) in [5, 5.41) is 10.4. The van der Waals surface area contributed by atoms with Gasteiger partial charge in [-0.1, -0.05) is 24.1 Å². The quantitative estimate of drug-likeness (QED) is 0.385. The standard InChI is InChI=1S/C16H26O3/c1-5-16(4)14(19-16)10-9-12(2)7-6-8-13(3)11-15(17)18/h7,11,14H,5-6,8-10H2,1-4H3,(H,17,18)/p-1/b12-7+,13-11+/t14?,16-/m0/s1. The van der Waals surface area contributed by atoms with E-state index in [0.717, 1.165) is 37.7 Å². The van der Waals surface area contributed by atoms with Gasteiger partial charge in [0, 0.05) is 0 Å². The van der Waals surface area contributed by atoms with Crippen molar-refractivity contribution in [2.24, 2.45) is 0 Å². The summed E-state index contributed by atoms with van der Waals surface area (Å²) in [6.45, 7) is 8.28. The zero-order valence-electron chi connectivity index (χ0n) is 12.5. The van der Waals surface area contributed by atoms with E-state index in [9.17, 15) is 9.90 Å². The van der Waals surface area contributed by atoms with Crippen LogP contribution in [0.2, 0.25) is 0 Å². The lowest BCUT2D eigenvalue weighted by molar-refractivity contribution is -0.297. The van der Waals surface area contributed by atoms with Gasteiger partial charge in [-0.3, -0.25) is 0 Å². The molecule has 0 bridgehead atoms. The zero-order valence-corrected chi connectivity index (χ0v) is 12.5. The van der Waals surface area contributed by atoms with E-state index in [1.165, 1.54) is 11.6 Å². The molecule has 2 atom stereocenters. The molecule has 0 aromatic carbocycles. The Morgan fingerprint density at radius 3 is 2.53 bits per heavy atom. The lowest BCUT2D eigenvalue weighted by atomic mass is 9.99. The monoisotopic (exact) mass is 265 g/mol. The molecule has 3 nitrogen and oxygen atoms in total. The number of ether oxygens (including phenoxy) is 1. The Morgan fingerprint density at radius 1 is 1.32 bits per heavy atom. The predicted molar refractivity (Wildman–Crippen MR) is 74.6 cm³/mol. The summed E-state index contributed by atoms with van der Waals surface area (Å²) in [4.78, 5) is 10.4. The molecule has 0 amide bonds. The highest BCUT2D eigenvalue weighted by molar-refractivity contribution is 5.78. The van der Waals surface area contributed by atoms with E-state index >= 15 is 0 Å². The van der Waals surface area contributed by atoms with Crippen LogP contribution in [0.15, 0.2) is 23.3 Å². The Hall–Kier alpha value is -1.09. The minimum atomic E-state index is -1.11. The molecule has 0 N–H and O–H groups in total.